The Morgan fingerprint density at radius 3 is 2.52 bits per heavy atom. The minimum atomic E-state index is -0.373. The van der Waals surface area contributed by atoms with Crippen LogP contribution >= 0.6 is 0 Å². The highest BCUT2D eigenvalue weighted by molar-refractivity contribution is 5.97. The fourth-order valence-corrected chi connectivity index (χ4v) is 2.94. The largest absolute Gasteiger partial charge is 0.497 e. The van der Waals surface area contributed by atoms with E-state index in [1.807, 2.05) is 0 Å². The summed E-state index contributed by atoms with van der Waals surface area (Å²) in [6.07, 6.45) is 0. The fraction of sp³-hybridized carbons (Fsp3) is 0.333. The molecule has 0 bridgehead atoms. The number of rotatable bonds is 7. The number of nitrogens with zero attached hydrogens (tertiary/aromatic N) is 1. The number of morpholine rings is 1. The summed E-state index contributed by atoms with van der Waals surface area (Å²) in [5.74, 6) is 0.941. The van der Waals surface area contributed by atoms with Crippen LogP contribution in [0.2, 0.25) is 0 Å². The summed E-state index contributed by atoms with van der Waals surface area (Å²) in [6.45, 7) is 1.85. The van der Waals surface area contributed by atoms with Crippen molar-refractivity contribution in [2.45, 2.75) is 0 Å². The Hall–Kier alpha value is -3.26. The maximum absolute atomic E-state index is 12.8. The lowest BCUT2D eigenvalue weighted by Gasteiger charge is -2.27. The van der Waals surface area contributed by atoms with Gasteiger partial charge in [0.25, 0.3) is 11.8 Å². The summed E-state index contributed by atoms with van der Waals surface area (Å²) in [5, 5.41) is 2.74. The van der Waals surface area contributed by atoms with Gasteiger partial charge in [0, 0.05) is 19.2 Å². The average Bonchev–Trinajstić information content (AvgIpc) is 2.78. The highest BCUT2D eigenvalue weighted by atomic mass is 16.5. The molecular weight excluding hydrogens is 376 g/mol. The number of nitrogens with one attached hydrogen (secondary N) is 1. The first-order valence-electron chi connectivity index (χ1n) is 9.23. The Kier molecular flexibility index (Phi) is 6.91. The standard InChI is InChI=1S/C21H24N2O6/c1-26-15-7-8-17(19(13-15)27-2)22-20(24)14-29-18-6-4-3-5-16(18)21(25)23-9-11-28-12-10-23/h3-8,13H,9-12,14H2,1-2H3,(H,22,24). The normalized spacial score (nSPS) is 13.5. The first-order chi connectivity index (χ1) is 14.1. The lowest BCUT2D eigenvalue weighted by molar-refractivity contribution is -0.118. The molecular formula is C21H24N2O6. The molecule has 1 fully saturated rings. The van der Waals surface area contributed by atoms with Gasteiger partial charge in [-0.25, -0.2) is 0 Å². The number of ether oxygens (including phenoxy) is 4. The van der Waals surface area contributed by atoms with Crippen molar-refractivity contribution < 1.29 is 28.5 Å². The van der Waals surface area contributed by atoms with Crippen LogP contribution in [0.25, 0.3) is 0 Å². The minimum Gasteiger partial charge on any atom is -0.497 e. The third-order valence-electron chi connectivity index (χ3n) is 4.46. The van der Waals surface area contributed by atoms with Crippen LogP contribution < -0.4 is 19.5 Å². The van der Waals surface area contributed by atoms with Crippen molar-refractivity contribution in [1.82, 2.24) is 4.90 Å². The number of carbonyl (C=O) groups is 2. The first-order valence-corrected chi connectivity index (χ1v) is 9.23. The van der Waals surface area contributed by atoms with Crippen LogP contribution in [-0.2, 0) is 9.53 Å². The molecule has 1 aliphatic heterocycles. The Morgan fingerprint density at radius 1 is 1.03 bits per heavy atom. The number of methoxy groups -OCH3 is 2. The summed E-state index contributed by atoms with van der Waals surface area (Å²) < 4.78 is 21.4. The Balaban J connectivity index is 1.64. The SMILES string of the molecule is COc1ccc(NC(=O)COc2ccccc2C(=O)N2CCOCC2)c(OC)c1. The molecule has 2 aromatic rings. The maximum atomic E-state index is 12.8. The average molecular weight is 400 g/mol. The van der Waals surface area contributed by atoms with E-state index >= 15 is 0 Å². The lowest BCUT2D eigenvalue weighted by atomic mass is 10.1. The van der Waals surface area contributed by atoms with Gasteiger partial charge in [0.05, 0.1) is 38.7 Å². The van der Waals surface area contributed by atoms with Crippen molar-refractivity contribution in [3.05, 3.63) is 48.0 Å². The van der Waals surface area contributed by atoms with Crippen LogP contribution in [0.4, 0.5) is 5.69 Å². The van der Waals surface area contributed by atoms with E-state index in [1.165, 1.54) is 7.11 Å². The minimum absolute atomic E-state index is 0.138. The molecule has 0 unspecified atom stereocenters. The van der Waals surface area contributed by atoms with Crippen molar-refractivity contribution in [2.75, 3.05) is 52.4 Å². The molecule has 0 radical (unpaired) electrons. The molecule has 1 heterocycles. The number of benzene rings is 2. The van der Waals surface area contributed by atoms with E-state index in [9.17, 15) is 9.59 Å². The zero-order valence-electron chi connectivity index (χ0n) is 16.5. The van der Waals surface area contributed by atoms with Gasteiger partial charge >= 0.3 is 0 Å². The molecule has 29 heavy (non-hydrogen) atoms. The van der Waals surface area contributed by atoms with E-state index in [4.69, 9.17) is 18.9 Å². The highest BCUT2D eigenvalue weighted by Gasteiger charge is 2.22. The highest BCUT2D eigenvalue weighted by Crippen LogP contribution is 2.29. The van der Waals surface area contributed by atoms with Crippen LogP contribution in [0.3, 0.4) is 0 Å². The number of hydrogen-bond donors (Lipinski definition) is 1. The van der Waals surface area contributed by atoms with Crippen molar-refractivity contribution >= 4 is 17.5 Å². The van der Waals surface area contributed by atoms with E-state index in [1.54, 1.807) is 54.5 Å². The van der Waals surface area contributed by atoms with Gasteiger partial charge in [0.1, 0.15) is 17.2 Å². The van der Waals surface area contributed by atoms with E-state index in [0.717, 1.165) is 0 Å². The number of carbonyl (C=O) groups excluding carboxylic acids is 2. The molecule has 1 N–H and O–H groups in total. The quantitative estimate of drug-likeness (QED) is 0.767. The zero-order chi connectivity index (χ0) is 20.6. The van der Waals surface area contributed by atoms with Gasteiger partial charge in [-0.15, -0.1) is 0 Å². The van der Waals surface area contributed by atoms with Gasteiger partial charge in [-0.05, 0) is 24.3 Å². The number of amides is 2. The molecule has 0 aromatic heterocycles. The number of hydrogen-bond acceptors (Lipinski definition) is 6. The van der Waals surface area contributed by atoms with Crippen molar-refractivity contribution in [2.24, 2.45) is 0 Å². The number of anilines is 1. The first kappa shape index (κ1) is 20.5. The van der Waals surface area contributed by atoms with Gasteiger partial charge in [-0.1, -0.05) is 12.1 Å². The molecule has 8 heteroatoms. The molecule has 8 nitrogen and oxygen atoms in total. The predicted molar refractivity (Wildman–Crippen MR) is 107 cm³/mol. The van der Waals surface area contributed by atoms with E-state index < -0.39 is 0 Å². The Bertz CT molecular complexity index is 864. The van der Waals surface area contributed by atoms with Crippen LogP contribution in [-0.4, -0.2) is 63.8 Å². The van der Waals surface area contributed by atoms with Crippen LogP contribution in [0.1, 0.15) is 10.4 Å². The van der Waals surface area contributed by atoms with Crippen molar-refractivity contribution in [1.29, 1.82) is 0 Å². The van der Waals surface area contributed by atoms with E-state index in [-0.39, 0.29) is 18.4 Å². The summed E-state index contributed by atoms with van der Waals surface area (Å²) in [4.78, 5) is 26.8. The Morgan fingerprint density at radius 2 is 1.79 bits per heavy atom. The summed E-state index contributed by atoms with van der Waals surface area (Å²) in [6, 6.07) is 12.0. The van der Waals surface area contributed by atoms with Gasteiger partial charge in [-0.2, -0.15) is 0 Å². The van der Waals surface area contributed by atoms with Gasteiger partial charge in [0.15, 0.2) is 6.61 Å². The molecule has 2 aromatic carbocycles. The van der Waals surface area contributed by atoms with E-state index in [2.05, 4.69) is 5.32 Å². The third kappa shape index (κ3) is 5.17. The fourth-order valence-electron chi connectivity index (χ4n) is 2.94. The molecule has 0 spiro atoms. The smallest absolute Gasteiger partial charge is 0.262 e. The summed E-state index contributed by atoms with van der Waals surface area (Å²) in [7, 11) is 3.06. The van der Waals surface area contributed by atoms with Crippen LogP contribution in [0.5, 0.6) is 17.2 Å². The topological polar surface area (TPSA) is 86.3 Å². The molecule has 0 saturated carbocycles. The van der Waals surface area contributed by atoms with Crippen LogP contribution in [0.15, 0.2) is 42.5 Å². The van der Waals surface area contributed by atoms with Gasteiger partial charge in [0.2, 0.25) is 0 Å². The second kappa shape index (κ2) is 9.79. The molecule has 1 saturated heterocycles. The number of para-hydroxylation sites is 1. The van der Waals surface area contributed by atoms with Crippen LogP contribution in [0, 0.1) is 0 Å². The lowest BCUT2D eigenvalue weighted by Crippen LogP contribution is -2.40. The van der Waals surface area contributed by atoms with Gasteiger partial charge < -0.3 is 29.2 Å². The second-order valence-corrected chi connectivity index (χ2v) is 6.30. The molecule has 1 aliphatic rings. The monoisotopic (exact) mass is 400 g/mol. The Labute approximate surface area is 169 Å². The summed E-state index contributed by atoms with van der Waals surface area (Å²) >= 11 is 0. The molecule has 0 atom stereocenters. The molecule has 2 amide bonds. The predicted octanol–water partition coefficient (Wildman–Crippen LogP) is 2.19. The molecule has 3 rings (SSSR count). The second-order valence-electron chi connectivity index (χ2n) is 6.30. The molecule has 154 valence electrons. The zero-order valence-corrected chi connectivity index (χ0v) is 16.5. The maximum Gasteiger partial charge on any atom is 0.262 e. The van der Waals surface area contributed by atoms with Gasteiger partial charge in [-0.3, -0.25) is 9.59 Å². The summed E-state index contributed by atoms with van der Waals surface area (Å²) in [5.41, 5.74) is 0.920. The van der Waals surface area contributed by atoms with Crippen molar-refractivity contribution in [3.8, 4) is 17.2 Å². The molecule has 0 aliphatic carbocycles. The van der Waals surface area contributed by atoms with E-state index in [0.29, 0.717) is 54.8 Å². The third-order valence-corrected chi connectivity index (χ3v) is 4.46. The van der Waals surface area contributed by atoms with Crippen molar-refractivity contribution in [3.63, 3.8) is 0 Å².